The summed E-state index contributed by atoms with van der Waals surface area (Å²) in [5.74, 6) is 4.05. The van der Waals surface area contributed by atoms with Gasteiger partial charge in [0.25, 0.3) is 0 Å². The van der Waals surface area contributed by atoms with Gasteiger partial charge in [0.05, 0.1) is 18.8 Å². The van der Waals surface area contributed by atoms with Crippen molar-refractivity contribution >= 4 is 0 Å². The van der Waals surface area contributed by atoms with E-state index in [1.54, 1.807) is 6.42 Å². The zero-order chi connectivity index (χ0) is 31.4. The van der Waals surface area contributed by atoms with Gasteiger partial charge >= 0.3 is 0 Å². The van der Waals surface area contributed by atoms with Gasteiger partial charge in [0.1, 0.15) is 11.5 Å². The molecule has 1 heterocycles. The molecule has 3 aromatic rings. The molecule has 1 saturated heterocycles. The largest absolute Gasteiger partial charge is 0.487 e. The molecule has 6 nitrogen and oxygen atoms in total. The molecule has 0 aromatic heterocycles. The molecular formula is C37H49O6Re-. The molecule has 4 atom stereocenters. The molecule has 241 valence electrons. The van der Waals surface area contributed by atoms with E-state index in [-0.39, 0.29) is 32.9 Å². The molecule has 1 aliphatic heterocycles. The third-order valence-electron chi connectivity index (χ3n) is 8.17. The second-order valence-electron chi connectivity index (χ2n) is 12.7. The van der Waals surface area contributed by atoms with Gasteiger partial charge in [-0.05, 0) is 102 Å². The van der Waals surface area contributed by atoms with Crippen LogP contribution in [0.5, 0.6) is 28.7 Å². The molecule has 3 aromatic carbocycles. The number of aryl methyl sites for hydroxylation is 2. The Hall–Kier alpha value is -2.40. The first-order valence-electron chi connectivity index (χ1n) is 15.6. The van der Waals surface area contributed by atoms with E-state index < -0.39 is 24.4 Å². The molecule has 0 spiro atoms. The summed E-state index contributed by atoms with van der Waals surface area (Å²) in [4.78, 5) is 0. The summed E-state index contributed by atoms with van der Waals surface area (Å²) in [6.07, 6.45) is -0.792. The van der Waals surface area contributed by atoms with E-state index in [0.717, 1.165) is 28.2 Å². The van der Waals surface area contributed by atoms with Crippen LogP contribution in [0.4, 0.5) is 0 Å². The van der Waals surface area contributed by atoms with Gasteiger partial charge in [-0.3, -0.25) is 6.42 Å². The third kappa shape index (κ3) is 8.65. The second-order valence-corrected chi connectivity index (χ2v) is 12.7. The minimum Gasteiger partial charge on any atom is -0.487 e. The van der Waals surface area contributed by atoms with Crippen molar-refractivity contribution in [2.24, 2.45) is 0 Å². The van der Waals surface area contributed by atoms with Crippen molar-refractivity contribution in [1.82, 2.24) is 0 Å². The van der Waals surface area contributed by atoms with E-state index >= 15 is 0 Å². The topological polar surface area (TPSA) is 77.4 Å². The maximum Gasteiger partial charge on any atom is 0.204 e. The molecule has 4 rings (SSSR count). The Balaban J connectivity index is 0.00000529. The van der Waals surface area contributed by atoms with Crippen LogP contribution in [0, 0.1) is 20.3 Å². The van der Waals surface area contributed by atoms with Gasteiger partial charge in [-0.2, -0.15) is 0 Å². The fraction of sp³-hybridized carbons (Fsp3) is 0.486. The van der Waals surface area contributed by atoms with Gasteiger partial charge in [-0.25, -0.2) is 0 Å². The van der Waals surface area contributed by atoms with Crippen LogP contribution in [0.2, 0.25) is 0 Å². The Bertz CT molecular complexity index is 1300. The smallest absolute Gasteiger partial charge is 0.204 e. The molecule has 1 radical (unpaired) electrons. The Labute approximate surface area is 277 Å². The predicted octanol–water partition coefficient (Wildman–Crippen LogP) is 8.74. The summed E-state index contributed by atoms with van der Waals surface area (Å²) in [6, 6.07) is 16.5. The molecule has 1 aliphatic rings. The van der Waals surface area contributed by atoms with Crippen LogP contribution >= 0.6 is 0 Å². The predicted molar refractivity (Wildman–Crippen MR) is 172 cm³/mol. The number of aliphatic hydroxyl groups is 2. The fourth-order valence-corrected chi connectivity index (χ4v) is 5.26. The van der Waals surface area contributed by atoms with Crippen molar-refractivity contribution in [2.45, 2.75) is 111 Å². The Morgan fingerprint density at radius 1 is 0.727 bits per heavy atom. The van der Waals surface area contributed by atoms with E-state index in [1.807, 2.05) is 45.0 Å². The Morgan fingerprint density at radius 3 is 1.61 bits per heavy atom. The van der Waals surface area contributed by atoms with Crippen molar-refractivity contribution in [3.05, 3.63) is 82.8 Å². The summed E-state index contributed by atoms with van der Waals surface area (Å²) >= 11 is 0. The first-order chi connectivity index (χ1) is 20.4. The SMILES string of the molecule is CCC1OC(COc2c(Oc3ccc(C(C)C)cc3C)cc(C(C)C)cc2Oc2ccc(C(C)C)cc2C)[CH-]C(O)C1O.[Re]. The van der Waals surface area contributed by atoms with Crippen molar-refractivity contribution in [3.8, 4) is 28.7 Å². The molecule has 0 bridgehead atoms. The summed E-state index contributed by atoms with van der Waals surface area (Å²) in [5, 5.41) is 20.7. The van der Waals surface area contributed by atoms with Gasteiger partial charge in [-0.1, -0.05) is 72.7 Å². The van der Waals surface area contributed by atoms with Gasteiger partial charge < -0.3 is 29.2 Å². The molecule has 0 saturated carbocycles. The number of aliphatic hydroxyl groups excluding tert-OH is 2. The van der Waals surface area contributed by atoms with Crippen LogP contribution in [0.1, 0.15) is 100 Å². The molecule has 2 N–H and O–H groups in total. The molecule has 4 unspecified atom stereocenters. The number of hydrogen-bond acceptors (Lipinski definition) is 6. The van der Waals surface area contributed by atoms with E-state index in [9.17, 15) is 10.2 Å². The van der Waals surface area contributed by atoms with Crippen LogP contribution in [0.3, 0.4) is 0 Å². The standard InChI is InChI=1S/C37H49O6.Re/c1-10-31-36(39)30(38)19-29(41-31)20-40-37-34(42-32-13-11-26(21(2)3)15-24(32)8)17-28(23(6)7)18-35(37)43-33-14-12-27(22(4)5)16-25(33)9;/h11-19,21-23,29-31,36,38-39H,10,20H2,1-9H3;/q-1;. The first kappa shape index (κ1) is 36.1. The molecule has 1 fully saturated rings. The first-order valence-corrected chi connectivity index (χ1v) is 15.6. The van der Waals surface area contributed by atoms with Crippen molar-refractivity contribution < 1.29 is 49.6 Å². The molecular weight excluding hydrogens is 727 g/mol. The Morgan fingerprint density at radius 2 is 1.20 bits per heavy atom. The maximum atomic E-state index is 10.4. The normalized spacial score (nSPS) is 20.1. The van der Waals surface area contributed by atoms with Gasteiger partial charge in [-0.15, -0.1) is 0 Å². The van der Waals surface area contributed by atoms with Crippen molar-refractivity contribution in [1.29, 1.82) is 0 Å². The van der Waals surface area contributed by atoms with Crippen LogP contribution in [-0.2, 0) is 25.2 Å². The zero-order valence-corrected chi connectivity index (χ0v) is 30.3. The summed E-state index contributed by atoms with van der Waals surface area (Å²) in [6.45, 7) is 19.1. The van der Waals surface area contributed by atoms with Crippen molar-refractivity contribution in [3.63, 3.8) is 0 Å². The quantitative estimate of drug-likeness (QED) is 0.190. The van der Waals surface area contributed by atoms with Gasteiger partial charge in [0.2, 0.25) is 5.75 Å². The molecule has 7 heteroatoms. The average molecular weight is 776 g/mol. The number of hydrogen-bond donors (Lipinski definition) is 2. The van der Waals surface area contributed by atoms with E-state index in [0.29, 0.717) is 35.5 Å². The van der Waals surface area contributed by atoms with Gasteiger partial charge in [0.15, 0.2) is 11.5 Å². The van der Waals surface area contributed by atoms with E-state index in [4.69, 9.17) is 18.9 Å². The molecule has 44 heavy (non-hydrogen) atoms. The third-order valence-corrected chi connectivity index (χ3v) is 8.17. The van der Waals surface area contributed by atoms with Crippen LogP contribution in [-0.4, -0.2) is 41.2 Å². The Kier molecular flexibility index (Phi) is 12.9. The average Bonchev–Trinajstić information content (AvgIpc) is 2.95. The summed E-state index contributed by atoms with van der Waals surface area (Å²) in [5.41, 5.74) is 5.61. The van der Waals surface area contributed by atoms with Crippen LogP contribution < -0.4 is 14.2 Å². The minimum atomic E-state index is -0.994. The zero-order valence-electron chi connectivity index (χ0n) is 27.6. The van der Waals surface area contributed by atoms with Crippen molar-refractivity contribution in [2.75, 3.05) is 6.61 Å². The number of rotatable bonds is 11. The van der Waals surface area contributed by atoms with Crippen LogP contribution in [0.25, 0.3) is 0 Å². The molecule has 0 amide bonds. The maximum absolute atomic E-state index is 10.4. The summed E-state index contributed by atoms with van der Waals surface area (Å²) in [7, 11) is 0. The fourth-order valence-electron chi connectivity index (χ4n) is 5.26. The number of ether oxygens (including phenoxy) is 4. The monoisotopic (exact) mass is 776 g/mol. The molecule has 0 aliphatic carbocycles. The summed E-state index contributed by atoms with van der Waals surface area (Å²) < 4.78 is 25.7. The second kappa shape index (κ2) is 15.7. The van der Waals surface area contributed by atoms with E-state index in [2.05, 4.69) is 65.8 Å². The minimum absolute atomic E-state index is 0. The van der Waals surface area contributed by atoms with E-state index in [1.165, 1.54) is 11.1 Å². The number of benzene rings is 3. The van der Waals surface area contributed by atoms with Crippen LogP contribution in [0.15, 0.2) is 48.5 Å². The van der Waals surface area contributed by atoms with Gasteiger partial charge in [0, 0.05) is 20.4 Å².